The number of methoxy groups -OCH3 is 2. The van der Waals surface area contributed by atoms with Gasteiger partial charge in [-0.1, -0.05) is 0 Å². The highest BCUT2D eigenvalue weighted by molar-refractivity contribution is 5.93. The van der Waals surface area contributed by atoms with Gasteiger partial charge in [-0.3, -0.25) is 4.79 Å². The lowest BCUT2D eigenvalue weighted by atomic mass is 9.98. The summed E-state index contributed by atoms with van der Waals surface area (Å²) in [6, 6.07) is 5.82. The normalized spacial score (nSPS) is 16.1. The third-order valence-electron chi connectivity index (χ3n) is 5.48. The number of amides is 1. The SMILES string of the molecule is COc1cc2c(cc1OC)CN(C(=O)c1cc(N3CCCC3)nc(C)n1)CC2. The largest absolute Gasteiger partial charge is 0.493 e. The number of carbonyl (C=O) groups excluding carboxylic acids is 1. The van der Waals surface area contributed by atoms with Gasteiger partial charge < -0.3 is 19.3 Å². The number of anilines is 1. The maximum Gasteiger partial charge on any atom is 0.272 e. The van der Waals surface area contributed by atoms with E-state index in [2.05, 4.69) is 14.9 Å². The number of rotatable bonds is 4. The van der Waals surface area contributed by atoms with Crippen LogP contribution in [0.25, 0.3) is 0 Å². The first kappa shape index (κ1) is 18.5. The van der Waals surface area contributed by atoms with Gasteiger partial charge in [0.15, 0.2) is 11.5 Å². The van der Waals surface area contributed by atoms with Crippen LogP contribution in [0, 0.1) is 6.92 Å². The minimum absolute atomic E-state index is 0.0496. The fourth-order valence-corrected chi connectivity index (χ4v) is 3.99. The third-order valence-corrected chi connectivity index (χ3v) is 5.48. The number of hydrogen-bond donors (Lipinski definition) is 0. The van der Waals surface area contributed by atoms with E-state index < -0.39 is 0 Å². The minimum atomic E-state index is -0.0496. The first-order valence-corrected chi connectivity index (χ1v) is 9.72. The number of hydrogen-bond acceptors (Lipinski definition) is 6. The van der Waals surface area contributed by atoms with Gasteiger partial charge in [-0.25, -0.2) is 9.97 Å². The second kappa shape index (κ2) is 7.66. The van der Waals surface area contributed by atoms with E-state index in [4.69, 9.17) is 9.47 Å². The molecule has 148 valence electrons. The van der Waals surface area contributed by atoms with Crippen molar-refractivity contribution in [2.24, 2.45) is 0 Å². The van der Waals surface area contributed by atoms with Crippen LogP contribution in [-0.2, 0) is 13.0 Å². The molecule has 1 aromatic carbocycles. The Bertz CT molecular complexity index is 893. The summed E-state index contributed by atoms with van der Waals surface area (Å²) < 4.78 is 10.8. The van der Waals surface area contributed by atoms with Crippen molar-refractivity contribution < 1.29 is 14.3 Å². The molecule has 2 aromatic rings. The molecular formula is C21H26N4O3. The van der Waals surface area contributed by atoms with Crippen LogP contribution >= 0.6 is 0 Å². The monoisotopic (exact) mass is 382 g/mol. The molecule has 1 saturated heterocycles. The summed E-state index contributed by atoms with van der Waals surface area (Å²) in [4.78, 5) is 26.2. The van der Waals surface area contributed by atoms with E-state index in [9.17, 15) is 4.79 Å². The van der Waals surface area contributed by atoms with Crippen LogP contribution < -0.4 is 14.4 Å². The fraction of sp³-hybridized carbons (Fsp3) is 0.476. The van der Waals surface area contributed by atoms with E-state index in [0.29, 0.717) is 30.4 Å². The van der Waals surface area contributed by atoms with Crippen molar-refractivity contribution in [2.45, 2.75) is 32.7 Å². The van der Waals surface area contributed by atoms with Gasteiger partial charge in [0.2, 0.25) is 0 Å². The second-order valence-corrected chi connectivity index (χ2v) is 7.31. The summed E-state index contributed by atoms with van der Waals surface area (Å²) >= 11 is 0. The van der Waals surface area contributed by atoms with Gasteiger partial charge in [-0.15, -0.1) is 0 Å². The molecular weight excluding hydrogens is 356 g/mol. The standard InChI is InChI=1S/C21H26N4O3/c1-14-22-17(12-20(23-14)24-7-4-5-8-24)21(26)25-9-6-15-10-18(27-2)19(28-3)11-16(15)13-25/h10-12H,4-9,13H2,1-3H3. The van der Waals surface area contributed by atoms with E-state index in [0.717, 1.165) is 36.6 Å². The van der Waals surface area contributed by atoms with Crippen molar-refractivity contribution in [1.82, 2.24) is 14.9 Å². The lowest BCUT2D eigenvalue weighted by molar-refractivity contribution is 0.0728. The molecule has 2 aliphatic heterocycles. The van der Waals surface area contributed by atoms with Crippen molar-refractivity contribution in [3.05, 3.63) is 40.8 Å². The van der Waals surface area contributed by atoms with Crippen molar-refractivity contribution in [3.63, 3.8) is 0 Å². The lowest BCUT2D eigenvalue weighted by Gasteiger charge is -2.29. The molecule has 0 saturated carbocycles. The van der Waals surface area contributed by atoms with Gasteiger partial charge in [-0.05, 0) is 49.4 Å². The Kier molecular flexibility index (Phi) is 5.07. The molecule has 1 fully saturated rings. The van der Waals surface area contributed by atoms with Crippen molar-refractivity contribution in [3.8, 4) is 11.5 Å². The summed E-state index contributed by atoms with van der Waals surface area (Å²) in [7, 11) is 3.26. The summed E-state index contributed by atoms with van der Waals surface area (Å²) in [5.41, 5.74) is 2.75. The molecule has 28 heavy (non-hydrogen) atoms. The summed E-state index contributed by atoms with van der Waals surface area (Å²) in [5.74, 6) is 2.85. The predicted octanol–water partition coefficient (Wildman–Crippen LogP) is 2.60. The summed E-state index contributed by atoms with van der Waals surface area (Å²) in [5, 5.41) is 0. The topological polar surface area (TPSA) is 67.8 Å². The number of carbonyl (C=O) groups is 1. The first-order valence-electron chi connectivity index (χ1n) is 9.72. The summed E-state index contributed by atoms with van der Waals surface area (Å²) in [6.45, 7) is 5.02. The van der Waals surface area contributed by atoms with E-state index in [1.165, 1.54) is 18.4 Å². The van der Waals surface area contributed by atoms with Gasteiger partial charge in [0.25, 0.3) is 5.91 Å². The quantitative estimate of drug-likeness (QED) is 0.810. The molecule has 7 nitrogen and oxygen atoms in total. The molecule has 0 N–H and O–H groups in total. The lowest BCUT2D eigenvalue weighted by Crippen LogP contribution is -2.36. The van der Waals surface area contributed by atoms with Crippen LogP contribution in [0.5, 0.6) is 11.5 Å². The number of nitrogens with zero attached hydrogens (tertiary/aromatic N) is 4. The molecule has 3 heterocycles. The highest BCUT2D eigenvalue weighted by Crippen LogP contribution is 2.33. The van der Waals surface area contributed by atoms with Crippen molar-refractivity contribution in [2.75, 3.05) is 38.8 Å². The van der Waals surface area contributed by atoms with Crippen molar-refractivity contribution in [1.29, 1.82) is 0 Å². The van der Waals surface area contributed by atoms with Crippen LogP contribution in [0.2, 0.25) is 0 Å². The Morgan fingerprint density at radius 2 is 1.64 bits per heavy atom. The predicted molar refractivity (Wildman–Crippen MR) is 106 cm³/mol. The summed E-state index contributed by atoms with van der Waals surface area (Å²) in [6.07, 6.45) is 3.12. The molecule has 0 aliphatic carbocycles. The zero-order chi connectivity index (χ0) is 19.7. The Labute approximate surface area is 165 Å². The molecule has 1 amide bonds. The zero-order valence-corrected chi connectivity index (χ0v) is 16.7. The third kappa shape index (κ3) is 3.48. The van der Waals surface area contributed by atoms with Crippen LogP contribution in [0.1, 0.15) is 40.3 Å². The Balaban J connectivity index is 1.58. The molecule has 0 spiro atoms. The van der Waals surface area contributed by atoms with Gasteiger partial charge in [0, 0.05) is 32.2 Å². The number of aromatic nitrogens is 2. The van der Waals surface area contributed by atoms with Crippen LogP contribution in [0.15, 0.2) is 18.2 Å². The smallest absolute Gasteiger partial charge is 0.272 e. The molecule has 1 aromatic heterocycles. The Hall–Kier alpha value is -2.83. The molecule has 0 radical (unpaired) electrons. The number of ether oxygens (including phenoxy) is 2. The van der Waals surface area contributed by atoms with E-state index in [1.807, 2.05) is 30.0 Å². The van der Waals surface area contributed by atoms with E-state index >= 15 is 0 Å². The molecule has 2 aliphatic rings. The second-order valence-electron chi connectivity index (χ2n) is 7.31. The maximum atomic E-state index is 13.2. The van der Waals surface area contributed by atoms with Gasteiger partial charge >= 0.3 is 0 Å². The average molecular weight is 382 g/mol. The molecule has 0 bridgehead atoms. The van der Waals surface area contributed by atoms with E-state index in [1.54, 1.807) is 14.2 Å². The maximum absolute atomic E-state index is 13.2. The highest BCUT2D eigenvalue weighted by atomic mass is 16.5. The van der Waals surface area contributed by atoms with E-state index in [-0.39, 0.29) is 5.91 Å². The van der Waals surface area contributed by atoms with Crippen LogP contribution in [-0.4, -0.2) is 54.6 Å². The number of benzene rings is 1. The first-order chi connectivity index (χ1) is 13.6. The van der Waals surface area contributed by atoms with Crippen molar-refractivity contribution >= 4 is 11.7 Å². The molecule has 0 unspecified atom stereocenters. The van der Waals surface area contributed by atoms with Gasteiger partial charge in [0.05, 0.1) is 14.2 Å². The van der Waals surface area contributed by atoms with Gasteiger partial charge in [0.1, 0.15) is 17.3 Å². The average Bonchev–Trinajstić information content (AvgIpc) is 3.26. The Morgan fingerprint density at radius 3 is 2.32 bits per heavy atom. The minimum Gasteiger partial charge on any atom is -0.493 e. The fourth-order valence-electron chi connectivity index (χ4n) is 3.99. The molecule has 0 atom stereocenters. The van der Waals surface area contributed by atoms with Gasteiger partial charge in [-0.2, -0.15) is 0 Å². The number of fused-ring (bicyclic) bond motifs is 1. The number of aryl methyl sites for hydroxylation is 1. The van der Waals surface area contributed by atoms with Crippen LogP contribution in [0.3, 0.4) is 0 Å². The Morgan fingerprint density at radius 1 is 0.964 bits per heavy atom. The molecule has 7 heteroatoms. The zero-order valence-electron chi connectivity index (χ0n) is 16.7. The van der Waals surface area contributed by atoms with Crippen LogP contribution in [0.4, 0.5) is 5.82 Å². The molecule has 4 rings (SSSR count). The highest BCUT2D eigenvalue weighted by Gasteiger charge is 2.26.